The van der Waals surface area contributed by atoms with Crippen LogP contribution in [0.3, 0.4) is 0 Å². The number of unbranched alkanes of at least 4 members (excludes halogenated alkanes) is 10. The van der Waals surface area contributed by atoms with Gasteiger partial charge in [0.1, 0.15) is 0 Å². The summed E-state index contributed by atoms with van der Waals surface area (Å²) in [5.41, 5.74) is 0. The van der Waals surface area contributed by atoms with Gasteiger partial charge in [0, 0.05) is 0 Å². The van der Waals surface area contributed by atoms with Crippen LogP contribution in [0, 0.1) is 0 Å². The van der Waals surface area contributed by atoms with Crippen molar-refractivity contribution in [1.82, 2.24) is 0 Å². The summed E-state index contributed by atoms with van der Waals surface area (Å²) in [5, 5.41) is 3.03. The molecule has 0 spiro atoms. The third kappa shape index (κ3) is 10.6. The van der Waals surface area contributed by atoms with Gasteiger partial charge in [-0.05, 0) is 24.3 Å². The second kappa shape index (κ2) is 14.9. The van der Waals surface area contributed by atoms with E-state index >= 15 is 0 Å². The second-order valence-corrected chi connectivity index (χ2v) is 7.18. The Morgan fingerprint density at radius 1 is 0.696 bits per heavy atom. The average Bonchev–Trinajstić information content (AvgIpc) is 3.00. The number of hydrogen-bond acceptors (Lipinski definition) is 3. The van der Waals surface area contributed by atoms with Gasteiger partial charge in [-0.15, -0.1) is 11.3 Å². The minimum absolute atomic E-state index is 0.816. The van der Waals surface area contributed by atoms with Crippen molar-refractivity contribution in [2.45, 2.75) is 90.9 Å². The number of ether oxygens (including phenoxy) is 2. The summed E-state index contributed by atoms with van der Waals surface area (Å²) in [6.07, 6.45) is 15.6. The van der Waals surface area contributed by atoms with Gasteiger partial charge in [0.2, 0.25) is 5.06 Å². The predicted molar refractivity (Wildman–Crippen MR) is 102 cm³/mol. The van der Waals surface area contributed by atoms with Crippen LogP contribution in [0.1, 0.15) is 90.9 Å². The maximum Gasteiger partial charge on any atom is 0.216 e. The van der Waals surface area contributed by atoms with Crippen molar-refractivity contribution in [3.8, 4) is 10.8 Å². The molecule has 23 heavy (non-hydrogen) atoms. The SMILES string of the molecule is CCCCCCCCOc1ccsc1OCCCCCCCC. The van der Waals surface area contributed by atoms with Gasteiger partial charge in [0.05, 0.1) is 13.2 Å². The van der Waals surface area contributed by atoms with Crippen molar-refractivity contribution in [2.24, 2.45) is 0 Å². The van der Waals surface area contributed by atoms with Gasteiger partial charge in [0.15, 0.2) is 5.75 Å². The topological polar surface area (TPSA) is 18.5 Å². The van der Waals surface area contributed by atoms with E-state index in [9.17, 15) is 0 Å². The number of thiophene rings is 1. The Kier molecular flexibility index (Phi) is 13.1. The molecule has 0 radical (unpaired) electrons. The van der Waals surface area contributed by atoms with Crippen molar-refractivity contribution in [3.63, 3.8) is 0 Å². The van der Waals surface area contributed by atoms with Gasteiger partial charge < -0.3 is 9.47 Å². The van der Waals surface area contributed by atoms with E-state index in [0.717, 1.165) is 36.9 Å². The fourth-order valence-electron chi connectivity index (χ4n) is 2.61. The maximum atomic E-state index is 5.89. The molecule has 0 saturated carbocycles. The molecule has 1 aromatic rings. The molecule has 0 atom stereocenters. The summed E-state index contributed by atoms with van der Waals surface area (Å²) < 4.78 is 11.8. The molecule has 3 heteroatoms. The molecule has 134 valence electrons. The van der Waals surface area contributed by atoms with E-state index in [4.69, 9.17) is 9.47 Å². The molecule has 1 rings (SSSR count). The highest BCUT2D eigenvalue weighted by Crippen LogP contribution is 2.34. The van der Waals surface area contributed by atoms with Crippen molar-refractivity contribution in [2.75, 3.05) is 13.2 Å². The molecular formula is C20H36O2S. The highest BCUT2D eigenvalue weighted by atomic mass is 32.1. The molecule has 0 aliphatic carbocycles. The van der Waals surface area contributed by atoms with E-state index in [1.807, 2.05) is 6.07 Å². The molecule has 2 nitrogen and oxygen atoms in total. The zero-order chi connectivity index (χ0) is 16.6. The Morgan fingerprint density at radius 2 is 1.22 bits per heavy atom. The monoisotopic (exact) mass is 340 g/mol. The molecule has 0 fully saturated rings. The van der Waals surface area contributed by atoms with Crippen LogP contribution >= 0.6 is 11.3 Å². The fourth-order valence-corrected chi connectivity index (χ4v) is 3.32. The van der Waals surface area contributed by atoms with Crippen LogP contribution in [0.5, 0.6) is 10.8 Å². The van der Waals surface area contributed by atoms with Gasteiger partial charge in [-0.2, -0.15) is 0 Å². The molecule has 0 unspecified atom stereocenters. The van der Waals surface area contributed by atoms with E-state index in [1.54, 1.807) is 11.3 Å². The van der Waals surface area contributed by atoms with Gasteiger partial charge in [-0.1, -0.05) is 78.1 Å². The van der Waals surface area contributed by atoms with E-state index in [1.165, 1.54) is 64.2 Å². The minimum Gasteiger partial charge on any atom is -0.489 e. The first-order chi connectivity index (χ1) is 11.4. The van der Waals surface area contributed by atoms with Crippen molar-refractivity contribution >= 4 is 11.3 Å². The quantitative estimate of drug-likeness (QED) is 0.296. The summed E-state index contributed by atoms with van der Waals surface area (Å²) >= 11 is 1.65. The van der Waals surface area contributed by atoms with Gasteiger partial charge >= 0.3 is 0 Å². The summed E-state index contributed by atoms with van der Waals surface area (Å²) in [6, 6.07) is 2.04. The smallest absolute Gasteiger partial charge is 0.216 e. The lowest BCUT2D eigenvalue weighted by molar-refractivity contribution is 0.265. The Hall–Kier alpha value is -0.700. The lowest BCUT2D eigenvalue weighted by atomic mass is 10.1. The number of hydrogen-bond donors (Lipinski definition) is 0. The molecule has 0 saturated heterocycles. The zero-order valence-electron chi connectivity index (χ0n) is 15.3. The lowest BCUT2D eigenvalue weighted by Crippen LogP contribution is -2.00. The fraction of sp³-hybridized carbons (Fsp3) is 0.800. The molecule has 0 amide bonds. The largest absolute Gasteiger partial charge is 0.489 e. The Bertz CT molecular complexity index is 330. The lowest BCUT2D eigenvalue weighted by Gasteiger charge is -2.09. The van der Waals surface area contributed by atoms with E-state index < -0.39 is 0 Å². The molecule has 0 aromatic carbocycles. The number of rotatable bonds is 16. The first-order valence-electron chi connectivity index (χ1n) is 9.71. The van der Waals surface area contributed by atoms with E-state index in [-0.39, 0.29) is 0 Å². The molecule has 0 bridgehead atoms. The minimum atomic E-state index is 0.816. The van der Waals surface area contributed by atoms with Crippen LogP contribution in [0.25, 0.3) is 0 Å². The Labute approximate surface area is 147 Å². The normalized spacial score (nSPS) is 10.9. The highest BCUT2D eigenvalue weighted by molar-refractivity contribution is 7.12. The summed E-state index contributed by atoms with van der Waals surface area (Å²) in [4.78, 5) is 0. The van der Waals surface area contributed by atoms with Crippen LogP contribution in [-0.2, 0) is 0 Å². The Balaban J connectivity index is 2.04. The molecule has 1 heterocycles. The van der Waals surface area contributed by atoms with Crippen molar-refractivity contribution < 1.29 is 9.47 Å². The summed E-state index contributed by atoms with van der Waals surface area (Å²) in [5.74, 6) is 0.939. The van der Waals surface area contributed by atoms with Crippen molar-refractivity contribution in [3.05, 3.63) is 11.4 Å². The third-order valence-corrected chi connectivity index (χ3v) is 4.89. The highest BCUT2D eigenvalue weighted by Gasteiger charge is 2.06. The molecular weight excluding hydrogens is 304 g/mol. The van der Waals surface area contributed by atoms with Crippen LogP contribution in [0.2, 0.25) is 0 Å². The Morgan fingerprint density at radius 3 is 1.83 bits per heavy atom. The molecule has 1 aromatic heterocycles. The van der Waals surface area contributed by atoms with E-state index in [2.05, 4.69) is 19.2 Å². The average molecular weight is 341 g/mol. The molecule has 0 aliphatic heterocycles. The standard InChI is InChI=1S/C20H36O2S/c1-3-5-7-9-11-13-16-21-19-15-18-23-20(19)22-17-14-12-10-8-6-4-2/h15,18H,3-14,16-17H2,1-2H3. The van der Waals surface area contributed by atoms with Crippen LogP contribution < -0.4 is 9.47 Å². The first-order valence-corrected chi connectivity index (χ1v) is 10.6. The zero-order valence-corrected chi connectivity index (χ0v) is 16.1. The van der Waals surface area contributed by atoms with Crippen LogP contribution in [-0.4, -0.2) is 13.2 Å². The predicted octanol–water partition coefficient (Wildman–Crippen LogP) is 7.23. The van der Waals surface area contributed by atoms with E-state index in [0.29, 0.717) is 0 Å². The third-order valence-electron chi connectivity index (χ3n) is 4.08. The van der Waals surface area contributed by atoms with Gasteiger partial charge in [-0.3, -0.25) is 0 Å². The molecule has 0 aliphatic rings. The first kappa shape index (κ1) is 20.3. The van der Waals surface area contributed by atoms with Gasteiger partial charge in [0.25, 0.3) is 0 Å². The summed E-state index contributed by atoms with van der Waals surface area (Å²) in [7, 11) is 0. The second-order valence-electron chi connectivity index (χ2n) is 6.30. The van der Waals surface area contributed by atoms with Crippen LogP contribution in [0.4, 0.5) is 0 Å². The van der Waals surface area contributed by atoms with Crippen molar-refractivity contribution in [1.29, 1.82) is 0 Å². The van der Waals surface area contributed by atoms with Gasteiger partial charge in [-0.25, -0.2) is 0 Å². The molecule has 0 N–H and O–H groups in total. The van der Waals surface area contributed by atoms with Crippen LogP contribution in [0.15, 0.2) is 11.4 Å². The maximum absolute atomic E-state index is 5.89. The summed E-state index contributed by atoms with van der Waals surface area (Å²) in [6.45, 7) is 6.15.